The zero-order valence-electron chi connectivity index (χ0n) is 17.8. The van der Waals surface area contributed by atoms with Gasteiger partial charge in [0.05, 0.1) is 6.42 Å². The highest BCUT2D eigenvalue weighted by Gasteiger charge is 2.40. The molecule has 0 radical (unpaired) electrons. The summed E-state index contributed by atoms with van der Waals surface area (Å²) in [6.07, 6.45) is 2.97. The van der Waals surface area contributed by atoms with Crippen LogP contribution in [0, 0.1) is 5.41 Å². The van der Waals surface area contributed by atoms with Crippen molar-refractivity contribution in [2.75, 3.05) is 19.6 Å². The van der Waals surface area contributed by atoms with Crippen LogP contribution in [0.15, 0.2) is 48.5 Å². The Morgan fingerprint density at radius 3 is 2.45 bits per heavy atom. The lowest BCUT2D eigenvalue weighted by Gasteiger charge is -2.44. The number of likely N-dealkylation sites (tertiary alicyclic amines) is 1. The van der Waals surface area contributed by atoms with Crippen LogP contribution < -0.4 is 0 Å². The molecule has 2 heterocycles. The lowest BCUT2D eigenvalue weighted by molar-refractivity contribution is -0.141. The number of hydrogen-bond acceptors (Lipinski definition) is 4. The number of aromatic hydroxyl groups is 1. The molecule has 2 aliphatic heterocycles. The first-order valence-electron chi connectivity index (χ1n) is 11.0. The average molecular weight is 423 g/mol. The van der Waals surface area contributed by atoms with Crippen molar-refractivity contribution in [2.24, 2.45) is 5.41 Å². The van der Waals surface area contributed by atoms with Crippen LogP contribution in [-0.2, 0) is 29.1 Å². The van der Waals surface area contributed by atoms with Crippen LogP contribution in [0.5, 0.6) is 5.75 Å². The molecule has 0 bridgehead atoms. The molecule has 2 aliphatic rings. The molecule has 2 aromatic carbocycles. The Labute approximate surface area is 183 Å². The first kappa shape index (κ1) is 21.4. The van der Waals surface area contributed by atoms with Crippen LogP contribution in [0.25, 0.3) is 0 Å². The second kappa shape index (κ2) is 9.10. The SMILES string of the molecule is O=C(O)CCC(=O)N1Cc2ccccc2CC2(CCCN(Cc3ccc(O)cc3)C2)C1. The van der Waals surface area contributed by atoms with E-state index in [1.807, 2.05) is 23.1 Å². The van der Waals surface area contributed by atoms with E-state index in [1.54, 1.807) is 12.1 Å². The molecule has 164 valence electrons. The monoisotopic (exact) mass is 422 g/mol. The minimum absolute atomic E-state index is 0.0410. The maximum Gasteiger partial charge on any atom is 0.303 e. The van der Waals surface area contributed by atoms with Crippen molar-refractivity contribution in [1.82, 2.24) is 9.80 Å². The van der Waals surface area contributed by atoms with Gasteiger partial charge in [-0.05, 0) is 54.6 Å². The third-order valence-corrected chi connectivity index (χ3v) is 6.56. The van der Waals surface area contributed by atoms with Gasteiger partial charge in [-0.3, -0.25) is 14.5 Å². The zero-order valence-corrected chi connectivity index (χ0v) is 17.8. The third-order valence-electron chi connectivity index (χ3n) is 6.56. The molecule has 0 aromatic heterocycles. The van der Waals surface area contributed by atoms with Crippen molar-refractivity contribution in [3.8, 4) is 5.75 Å². The van der Waals surface area contributed by atoms with E-state index in [0.717, 1.165) is 38.9 Å². The molecule has 1 spiro atoms. The average Bonchev–Trinajstić information content (AvgIpc) is 2.90. The van der Waals surface area contributed by atoms with Gasteiger partial charge >= 0.3 is 5.97 Å². The van der Waals surface area contributed by atoms with Crippen molar-refractivity contribution in [3.63, 3.8) is 0 Å². The predicted molar refractivity (Wildman–Crippen MR) is 117 cm³/mol. The molecule has 4 rings (SSSR count). The van der Waals surface area contributed by atoms with E-state index in [9.17, 15) is 14.7 Å². The lowest BCUT2D eigenvalue weighted by Crippen LogP contribution is -2.50. The van der Waals surface area contributed by atoms with E-state index in [-0.39, 0.29) is 29.9 Å². The minimum Gasteiger partial charge on any atom is -0.508 e. The summed E-state index contributed by atoms with van der Waals surface area (Å²) in [7, 11) is 0. The van der Waals surface area contributed by atoms with Crippen LogP contribution in [0.1, 0.15) is 42.4 Å². The molecule has 1 saturated heterocycles. The number of phenols is 1. The van der Waals surface area contributed by atoms with Crippen molar-refractivity contribution in [3.05, 3.63) is 65.2 Å². The van der Waals surface area contributed by atoms with Crippen molar-refractivity contribution >= 4 is 11.9 Å². The van der Waals surface area contributed by atoms with Crippen LogP contribution in [0.2, 0.25) is 0 Å². The van der Waals surface area contributed by atoms with Gasteiger partial charge in [0.2, 0.25) is 5.91 Å². The van der Waals surface area contributed by atoms with Gasteiger partial charge in [0, 0.05) is 38.0 Å². The van der Waals surface area contributed by atoms with Crippen LogP contribution in [0.4, 0.5) is 0 Å². The number of rotatable bonds is 5. The molecule has 1 atom stereocenters. The summed E-state index contributed by atoms with van der Waals surface area (Å²) in [6, 6.07) is 15.7. The fourth-order valence-corrected chi connectivity index (χ4v) is 5.14. The molecule has 2 N–H and O–H groups in total. The number of carboxylic acids is 1. The molecular weight excluding hydrogens is 392 g/mol. The van der Waals surface area contributed by atoms with E-state index in [1.165, 1.54) is 16.7 Å². The molecule has 1 amide bonds. The van der Waals surface area contributed by atoms with Gasteiger partial charge in [-0.25, -0.2) is 0 Å². The Morgan fingerprint density at radius 1 is 0.968 bits per heavy atom. The van der Waals surface area contributed by atoms with Gasteiger partial charge in [0.1, 0.15) is 5.75 Å². The fourth-order valence-electron chi connectivity index (χ4n) is 5.14. The summed E-state index contributed by atoms with van der Waals surface area (Å²) in [5.41, 5.74) is 3.58. The van der Waals surface area contributed by atoms with Crippen molar-refractivity contribution < 1.29 is 19.8 Å². The summed E-state index contributed by atoms with van der Waals surface area (Å²) in [6.45, 7) is 3.93. The van der Waals surface area contributed by atoms with Crippen LogP contribution in [-0.4, -0.2) is 51.5 Å². The standard InChI is InChI=1S/C25H30N2O4/c28-22-8-6-19(7-9-22)15-26-13-3-12-25(17-26)14-20-4-1-2-5-21(20)16-27(18-25)23(29)10-11-24(30)31/h1-2,4-9,28H,3,10-18H2,(H,30,31). The molecule has 31 heavy (non-hydrogen) atoms. The highest BCUT2D eigenvalue weighted by Crippen LogP contribution is 2.39. The number of benzene rings is 2. The largest absolute Gasteiger partial charge is 0.508 e. The number of carbonyl (C=O) groups excluding carboxylic acids is 1. The molecule has 2 aromatic rings. The number of carboxylic acid groups (broad SMARTS) is 1. The quantitative estimate of drug-likeness (QED) is 0.772. The number of carbonyl (C=O) groups is 2. The molecule has 6 nitrogen and oxygen atoms in total. The van der Waals surface area contributed by atoms with Gasteiger partial charge in [-0.2, -0.15) is 0 Å². The first-order valence-corrected chi connectivity index (χ1v) is 11.0. The van der Waals surface area contributed by atoms with E-state index < -0.39 is 5.97 Å². The summed E-state index contributed by atoms with van der Waals surface area (Å²) in [5.74, 6) is -0.736. The molecule has 0 aliphatic carbocycles. The van der Waals surface area contributed by atoms with Gasteiger partial charge in [-0.15, -0.1) is 0 Å². The maximum absolute atomic E-state index is 12.9. The number of phenolic OH excluding ortho intramolecular Hbond substituents is 1. The number of fused-ring (bicyclic) bond motifs is 1. The Kier molecular flexibility index (Phi) is 6.28. The Balaban J connectivity index is 1.56. The summed E-state index contributed by atoms with van der Waals surface area (Å²) in [5, 5.41) is 18.6. The van der Waals surface area contributed by atoms with E-state index in [0.29, 0.717) is 13.1 Å². The summed E-state index contributed by atoms with van der Waals surface area (Å²) >= 11 is 0. The van der Waals surface area contributed by atoms with Gasteiger partial charge < -0.3 is 15.1 Å². The Bertz CT molecular complexity index is 943. The highest BCUT2D eigenvalue weighted by atomic mass is 16.4. The Hall–Kier alpha value is -2.86. The van der Waals surface area contributed by atoms with Gasteiger partial charge in [-0.1, -0.05) is 36.4 Å². The number of amides is 1. The zero-order chi connectivity index (χ0) is 21.8. The summed E-state index contributed by atoms with van der Waals surface area (Å²) < 4.78 is 0. The molecular formula is C25H30N2O4. The predicted octanol–water partition coefficient (Wildman–Crippen LogP) is 3.42. The van der Waals surface area contributed by atoms with Gasteiger partial charge in [0.15, 0.2) is 0 Å². The second-order valence-corrected chi connectivity index (χ2v) is 9.07. The number of aliphatic carboxylic acids is 1. The number of nitrogens with zero attached hydrogens (tertiary/aromatic N) is 2. The van der Waals surface area contributed by atoms with Crippen molar-refractivity contribution in [1.29, 1.82) is 0 Å². The number of hydrogen-bond donors (Lipinski definition) is 2. The smallest absolute Gasteiger partial charge is 0.303 e. The Morgan fingerprint density at radius 2 is 1.71 bits per heavy atom. The second-order valence-electron chi connectivity index (χ2n) is 9.07. The lowest BCUT2D eigenvalue weighted by atomic mass is 9.74. The van der Waals surface area contributed by atoms with E-state index in [4.69, 9.17) is 5.11 Å². The minimum atomic E-state index is -0.934. The molecule has 1 unspecified atom stereocenters. The molecule has 6 heteroatoms. The summed E-state index contributed by atoms with van der Waals surface area (Å²) in [4.78, 5) is 28.2. The first-order chi connectivity index (χ1) is 14.9. The van der Waals surface area contributed by atoms with E-state index >= 15 is 0 Å². The molecule has 0 saturated carbocycles. The number of piperidine rings is 1. The van der Waals surface area contributed by atoms with Gasteiger partial charge in [0.25, 0.3) is 0 Å². The topological polar surface area (TPSA) is 81.1 Å². The fraction of sp³-hybridized carbons (Fsp3) is 0.440. The highest BCUT2D eigenvalue weighted by molar-refractivity contribution is 5.80. The normalized spacial score (nSPS) is 21.5. The van der Waals surface area contributed by atoms with Crippen LogP contribution in [0.3, 0.4) is 0 Å². The van der Waals surface area contributed by atoms with Crippen molar-refractivity contribution in [2.45, 2.75) is 45.2 Å². The maximum atomic E-state index is 12.9. The van der Waals surface area contributed by atoms with E-state index in [2.05, 4.69) is 23.1 Å². The molecule has 1 fully saturated rings. The van der Waals surface area contributed by atoms with Crippen LogP contribution >= 0.6 is 0 Å². The third kappa shape index (κ3) is 5.25.